The van der Waals surface area contributed by atoms with Crippen molar-refractivity contribution in [2.24, 2.45) is 7.05 Å². The number of carbonyl (C=O) groups excluding carboxylic acids is 2. The van der Waals surface area contributed by atoms with Crippen molar-refractivity contribution in [3.8, 4) is 16.2 Å². The Morgan fingerprint density at radius 3 is 2.67 bits per heavy atom. The third-order valence-corrected chi connectivity index (χ3v) is 5.87. The number of rotatable bonds is 7. The first kappa shape index (κ1) is 23.9. The van der Waals surface area contributed by atoms with Crippen LogP contribution < -0.4 is 16.2 Å². The van der Waals surface area contributed by atoms with Crippen molar-refractivity contribution in [1.82, 2.24) is 9.88 Å². The molecule has 33 heavy (non-hydrogen) atoms. The lowest BCUT2D eigenvalue weighted by atomic mass is 10.1. The van der Waals surface area contributed by atoms with Crippen molar-refractivity contribution in [3.05, 3.63) is 69.5 Å². The van der Waals surface area contributed by atoms with Gasteiger partial charge in [0.25, 0.3) is 5.56 Å². The van der Waals surface area contributed by atoms with Crippen LogP contribution >= 0.6 is 11.3 Å². The number of halogens is 2. The molecule has 1 aromatic carbocycles. The number of urea groups is 1. The zero-order chi connectivity index (χ0) is 24.1. The summed E-state index contributed by atoms with van der Waals surface area (Å²) in [6, 6.07) is 5.92. The fourth-order valence-electron chi connectivity index (χ4n) is 3.03. The molecule has 0 saturated heterocycles. The van der Waals surface area contributed by atoms with E-state index in [1.54, 1.807) is 19.1 Å². The van der Waals surface area contributed by atoms with E-state index in [1.165, 1.54) is 29.9 Å². The van der Waals surface area contributed by atoms with Gasteiger partial charge < -0.3 is 25.0 Å². The van der Waals surface area contributed by atoms with E-state index in [9.17, 15) is 28.3 Å². The molecule has 11 heteroatoms. The van der Waals surface area contributed by atoms with Crippen molar-refractivity contribution < 1.29 is 28.2 Å². The summed E-state index contributed by atoms with van der Waals surface area (Å²) in [7, 11) is 1.45. The molecule has 3 aromatic rings. The van der Waals surface area contributed by atoms with E-state index >= 15 is 0 Å². The third kappa shape index (κ3) is 5.75. The highest BCUT2D eigenvalue weighted by molar-refractivity contribution is 7.15. The number of aryl methyl sites for hydroxylation is 1. The number of amides is 2. The lowest BCUT2D eigenvalue weighted by Gasteiger charge is -2.17. The van der Waals surface area contributed by atoms with Gasteiger partial charge in [-0.15, -0.1) is 11.3 Å². The minimum atomic E-state index is -0.874. The summed E-state index contributed by atoms with van der Waals surface area (Å²) in [6.45, 7) is 1.78. The summed E-state index contributed by atoms with van der Waals surface area (Å²) in [5.41, 5.74) is -0.783. The molecule has 0 aliphatic carbocycles. The predicted octanol–water partition coefficient (Wildman–Crippen LogP) is 3.91. The Morgan fingerprint density at radius 1 is 1.21 bits per heavy atom. The number of hydrogen-bond donors (Lipinski definition) is 3. The summed E-state index contributed by atoms with van der Waals surface area (Å²) in [5.74, 6) is -2.45. The molecule has 1 atom stereocenters. The Labute approximate surface area is 191 Å². The van der Waals surface area contributed by atoms with Gasteiger partial charge in [0, 0.05) is 34.6 Å². The first-order valence-corrected chi connectivity index (χ1v) is 10.7. The average molecular weight is 477 g/mol. The predicted molar refractivity (Wildman–Crippen MR) is 119 cm³/mol. The van der Waals surface area contributed by atoms with Crippen LogP contribution in [0.5, 0.6) is 5.75 Å². The maximum absolute atomic E-state index is 14.2. The zero-order valence-electron chi connectivity index (χ0n) is 17.7. The van der Waals surface area contributed by atoms with Crippen molar-refractivity contribution in [2.75, 3.05) is 11.9 Å². The molecule has 2 amide bonds. The van der Waals surface area contributed by atoms with Gasteiger partial charge in [-0.1, -0.05) is 0 Å². The molecule has 2 heterocycles. The van der Waals surface area contributed by atoms with Crippen LogP contribution in [0.1, 0.15) is 24.3 Å². The third-order valence-electron chi connectivity index (χ3n) is 4.63. The lowest BCUT2D eigenvalue weighted by molar-refractivity contribution is -0.143. The molecule has 0 aliphatic heterocycles. The lowest BCUT2D eigenvalue weighted by Crippen LogP contribution is -2.35. The standard InChI is InChI=1S/C22H21F2N3O5S/c1-3-32-19(29)11-15(25-22(31)26-20-16(28)8-9-27(2)21(20)30)18-7-6-17(33-18)13-5-4-12(23)10-14(13)24/h4-10,15,28H,3,11H2,1-2H3,(H2,25,26,31)/t15-/m0/s1. The Bertz CT molecular complexity index is 1240. The molecule has 0 radical (unpaired) electrons. The van der Waals surface area contributed by atoms with E-state index in [4.69, 9.17) is 4.74 Å². The topological polar surface area (TPSA) is 110 Å². The zero-order valence-corrected chi connectivity index (χ0v) is 18.5. The van der Waals surface area contributed by atoms with E-state index in [1.807, 2.05) is 0 Å². The second-order valence-electron chi connectivity index (χ2n) is 6.98. The molecule has 3 N–H and O–H groups in total. The largest absolute Gasteiger partial charge is 0.505 e. The van der Waals surface area contributed by atoms with Crippen LogP contribution in [0.15, 0.2) is 47.4 Å². The van der Waals surface area contributed by atoms with Crippen molar-refractivity contribution >= 4 is 29.0 Å². The summed E-state index contributed by atoms with van der Waals surface area (Å²) >= 11 is 1.10. The molecular formula is C22H21F2N3O5S. The number of aromatic nitrogens is 1. The molecule has 2 aromatic heterocycles. The second-order valence-corrected chi connectivity index (χ2v) is 8.09. The highest BCUT2D eigenvalue weighted by Gasteiger charge is 2.23. The van der Waals surface area contributed by atoms with Gasteiger partial charge in [0.15, 0.2) is 5.69 Å². The summed E-state index contributed by atoms with van der Waals surface area (Å²) in [4.78, 5) is 37.8. The monoisotopic (exact) mass is 477 g/mol. The molecule has 0 spiro atoms. The molecule has 8 nitrogen and oxygen atoms in total. The van der Waals surface area contributed by atoms with Crippen LogP contribution in [0.2, 0.25) is 0 Å². The fourth-order valence-corrected chi connectivity index (χ4v) is 4.11. The summed E-state index contributed by atoms with van der Waals surface area (Å²) in [5, 5.41) is 14.8. The second kappa shape index (κ2) is 10.3. The highest BCUT2D eigenvalue weighted by Crippen LogP contribution is 2.34. The molecule has 0 saturated carbocycles. The minimum Gasteiger partial charge on any atom is -0.505 e. The van der Waals surface area contributed by atoms with E-state index < -0.39 is 41.0 Å². The van der Waals surface area contributed by atoms with Gasteiger partial charge in [-0.05, 0) is 37.3 Å². The maximum atomic E-state index is 14.2. The molecule has 3 rings (SSSR count). The van der Waals surface area contributed by atoms with E-state index in [2.05, 4.69) is 10.6 Å². The number of nitrogens with one attached hydrogen (secondary N) is 2. The van der Waals surface area contributed by atoms with Crippen LogP contribution in [0, 0.1) is 11.6 Å². The van der Waals surface area contributed by atoms with Crippen LogP contribution in [-0.4, -0.2) is 28.3 Å². The molecule has 0 fully saturated rings. The number of thiophene rings is 1. The Balaban J connectivity index is 1.86. The Morgan fingerprint density at radius 2 is 1.97 bits per heavy atom. The Kier molecular flexibility index (Phi) is 7.44. The van der Waals surface area contributed by atoms with Gasteiger partial charge in [0.2, 0.25) is 0 Å². The summed E-state index contributed by atoms with van der Waals surface area (Å²) < 4.78 is 33.6. The normalized spacial score (nSPS) is 11.6. The van der Waals surface area contributed by atoms with Crippen LogP contribution in [0.25, 0.3) is 10.4 Å². The van der Waals surface area contributed by atoms with Gasteiger partial charge in [0.05, 0.1) is 19.1 Å². The van der Waals surface area contributed by atoms with Gasteiger partial charge >= 0.3 is 12.0 Å². The number of hydrogen-bond acceptors (Lipinski definition) is 6. The number of carbonyl (C=O) groups is 2. The average Bonchev–Trinajstić information content (AvgIpc) is 3.23. The molecule has 0 unspecified atom stereocenters. The highest BCUT2D eigenvalue weighted by atomic mass is 32.1. The van der Waals surface area contributed by atoms with Gasteiger partial charge in [0.1, 0.15) is 17.4 Å². The van der Waals surface area contributed by atoms with Crippen LogP contribution in [0.3, 0.4) is 0 Å². The maximum Gasteiger partial charge on any atom is 0.320 e. The van der Waals surface area contributed by atoms with Gasteiger partial charge in [-0.3, -0.25) is 9.59 Å². The van der Waals surface area contributed by atoms with E-state index in [-0.39, 0.29) is 24.3 Å². The number of benzene rings is 1. The quantitative estimate of drug-likeness (QED) is 0.447. The summed E-state index contributed by atoms with van der Waals surface area (Å²) in [6.07, 6.45) is 1.11. The van der Waals surface area contributed by atoms with Gasteiger partial charge in [-0.2, -0.15) is 0 Å². The van der Waals surface area contributed by atoms with Crippen LogP contribution in [-0.2, 0) is 16.6 Å². The number of pyridine rings is 1. The van der Waals surface area contributed by atoms with Crippen molar-refractivity contribution in [1.29, 1.82) is 0 Å². The van der Waals surface area contributed by atoms with Crippen molar-refractivity contribution in [2.45, 2.75) is 19.4 Å². The molecular weight excluding hydrogens is 456 g/mol. The fraction of sp³-hybridized carbons (Fsp3) is 0.227. The Hall–Kier alpha value is -3.73. The van der Waals surface area contributed by atoms with E-state index in [0.29, 0.717) is 9.75 Å². The number of esters is 1. The smallest absolute Gasteiger partial charge is 0.320 e. The van der Waals surface area contributed by atoms with Crippen molar-refractivity contribution in [3.63, 3.8) is 0 Å². The number of anilines is 1. The first-order chi connectivity index (χ1) is 15.7. The molecule has 0 bridgehead atoms. The number of nitrogens with zero attached hydrogens (tertiary/aromatic N) is 1. The van der Waals surface area contributed by atoms with Crippen LogP contribution in [0.4, 0.5) is 19.3 Å². The molecule has 0 aliphatic rings. The SMILES string of the molecule is CCOC(=O)C[C@H](NC(=O)Nc1c(O)ccn(C)c1=O)c1ccc(-c2ccc(F)cc2F)s1. The number of aromatic hydroxyl groups is 1. The van der Waals surface area contributed by atoms with E-state index in [0.717, 1.165) is 23.5 Å². The minimum absolute atomic E-state index is 0.141. The van der Waals surface area contributed by atoms with Gasteiger partial charge in [-0.25, -0.2) is 13.6 Å². The molecule has 174 valence electrons. The number of ether oxygens (including phenoxy) is 1. The first-order valence-electron chi connectivity index (χ1n) is 9.86.